The van der Waals surface area contributed by atoms with Crippen LogP contribution in [0.5, 0.6) is 0 Å². The van der Waals surface area contributed by atoms with Gasteiger partial charge in [-0.25, -0.2) is 0 Å². The van der Waals surface area contributed by atoms with Crippen LogP contribution in [0.4, 0.5) is 0 Å². The van der Waals surface area contributed by atoms with Crippen LogP contribution in [0.1, 0.15) is 65.2 Å². The highest BCUT2D eigenvalue weighted by molar-refractivity contribution is 5.03. The van der Waals surface area contributed by atoms with E-state index in [-0.39, 0.29) is 35.6 Å². The number of rotatable bonds is 2. The van der Waals surface area contributed by atoms with E-state index in [1.807, 2.05) is 18.2 Å². The summed E-state index contributed by atoms with van der Waals surface area (Å²) in [5, 5.41) is 37.0. The molecule has 7 unspecified atom stereocenters. The van der Waals surface area contributed by atoms with Crippen molar-refractivity contribution >= 4 is 0 Å². The van der Waals surface area contributed by atoms with E-state index in [2.05, 4.69) is 18.8 Å². The Hall–Kier alpha value is -1.01. The molecule has 3 aliphatic carbocycles. The Morgan fingerprint density at radius 2 is 1.45 bits per heavy atom. The first-order valence-electron chi connectivity index (χ1n) is 11.2. The van der Waals surface area contributed by atoms with E-state index in [4.69, 9.17) is 5.11 Å². The summed E-state index contributed by atoms with van der Waals surface area (Å²) in [6.45, 7) is 4.83. The summed E-state index contributed by atoms with van der Waals surface area (Å²) in [5.74, 6) is 1.53. The second-order valence-electron chi connectivity index (χ2n) is 9.61. The first-order chi connectivity index (χ1) is 13.9. The van der Waals surface area contributed by atoms with Crippen LogP contribution >= 0.6 is 0 Å². The Balaban J connectivity index is 0.000000317. The number of aliphatic hydroxyl groups is 4. The van der Waals surface area contributed by atoms with Gasteiger partial charge in [-0.05, 0) is 92.1 Å². The summed E-state index contributed by atoms with van der Waals surface area (Å²) in [7, 11) is 1.00. The van der Waals surface area contributed by atoms with E-state index in [0.717, 1.165) is 45.6 Å². The van der Waals surface area contributed by atoms with E-state index >= 15 is 0 Å². The SMILES string of the molecule is CC12CCC(C3(C)CCC(O)CC3CO)CC1CCC2O.CO.c1ccncc1. The Labute approximate surface area is 176 Å². The zero-order valence-electron chi connectivity index (χ0n) is 18.4. The molecular weight excluding hydrogens is 366 g/mol. The lowest BCUT2D eigenvalue weighted by molar-refractivity contribution is -0.0818. The van der Waals surface area contributed by atoms with Gasteiger partial charge in [0.05, 0.1) is 12.2 Å². The fraction of sp³-hybridized carbons (Fsp3) is 0.792. The lowest BCUT2D eigenvalue weighted by atomic mass is 9.53. The first kappa shape index (κ1) is 24.3. The summed E-state index contributed by atoms with van der Waals surface area (Å²) >= 11 is 0. The minimum absolute atomic E-state index is 0.113. The van der Waals surface area contributed by atoms with Crippen molar-refractivity contribution < 1.29 is 20.4 Å². The van der Waals surface area contributed by atoms with E-state index < -0.39 is 0 Å². The number of nitrogens with zero attached hydrogens (tertiary/aromatic N) is 1. The maximum atomic E-state index is 10.3. The molecule has 166 valence electrons. The Kier molecular flexibility index (Phi) is 9.08. The largest absolute Gasteiger partial charge is 0.400 e. The fourth-order valence-corrected chi connectivity index (χ4v) is 6.12. The van der Waals surface area contributed by atoms with Crippen LogP contribution in [-0.2, 0) is 0 Å². The van der Waals surface area contributed by atoms with E-state index in [0.29, 0.717) is 11.8 Å². The quantitative estimate of drug-likeness (QED) is 0.603. The van der Waals surface area contributed by atoms with Gasteiger partial charge in [-0.15, -0.1) is 0 Å². The van der Waals surface area contributed by atoms with Crippen molar-refractivity contribution in [2.24, 2.45) is 28.6 Å². The standard InChI is InChI=1S/C18H32O3.C5H5N.CH4O/c1-17(8-6-15(20)10-14(17)11-19)13-5-7-18(2)12(9-13)3-4-16(18)21;1-2-4-6-5-3-1;1-2/h12-16,19-21H,3-11H2,1-2H3;1-5H;2H,1H3. The second kappa shape index (κ2) is 10.9. The summed E-state index contributed by atoms with van der Waals surface area (Å²) < 4.78 is 0. The maximum Gasteiger partial charge on any atom is 0.0596 e. The average Bonchev–Trinajstić information content (AvgIpc) is 3.07. The highest BCUT2D eigenvalue weighted by Crippen LogP contribution is 2.59. The van der Waals surface area contributed by atoms with Crippen molar-refractivity contribution in [2.75, 3.05) is 13.7 Å². The summed E-state index contributed by atoms with van der Waals surface area (Å²) in [5.41, 5.74) is 0.304. The Morgan fingerprint density at radius 3 is 2.00 bits per heavy atom. The molecular formula is C24H41NO4. The molecule has 0 aliphatic heterocycles. The highest BCUT2D eigenvalue weighted by Gasteiger charge is 2.53. The van der Waals surface area contributed by atoms with Gasteiger partial charge < -0.3 is 20.4 Å². The molecule has 29 heavy (non-hydrogen) atoms. The third kappa shape index (κ3) is 5.38. The molecule has 0 spiro atoms. The summed E-state index contributed by atoms with van der Waals surface area (Å²) in [4.78, 5) is 3.78. The predicted molar refractivity (Wildman–Crippen MR) is 115 cm³/mol. The van der Waals surface area contributed by atoms with E-state index in [9.17, 15) is 15.3 Å². The number of hydrogen-bond donors (Lipinski definition) is 4. The number of aromatic nitrogens is 1. The van der Waals surface area contributed by atoms with Crippen LogP contribution in [0, 0.1) is 28.6 Å². The molecule has 4 rings (SSSR count). The molecule has 3 aliphatic rings. The number of hydrogen-bond acceptors (Lipinski definition) is 5. The molecule has 5 nitrogen and oxygen atoms in total. The normalized spacial score (nSPS) is 41.3. The van der Waals surface area contributed by atoms with Gasteiger partial charge in [0, 0.05) is 26.1 Å². The molecule has 0 aromatic carbocycles. The van der Waals surface area contributed by atoms with Crippen LogP contribution in [0.3, 0.4) is 0 Å². The van der Waals surface area contributed by atoms with Crippen molar-refractivity contribution in [3.05, 3.63) is 30.6 Å². The van der Waals surface area contributed by atoms with Gasteiger partial charge in [0.15, 0.2) is 0 Å². The Morgan fingerprint density at radius 1 is 0.828 bits per heavy atom. The Bertz CT molecular complexity index is 559. The minimum Gasteiger partial charge on any atom is -0.400 e. The van der Waals surface area contributed by atoms with Crippen LogP contribution in [0.25, 0.3) is 0 Å². The molecule has 3 fully saturated rings. The van der Waals surface area contributed by atoms with Crippen molar-refractivity contribution in [3.63, 3.8) is 0 Å². The van der Waals surface area contributed by atoms with Crippen LogP contribution in [0.2, 0.25) is 0 Å². The molecule has 3 saturated carbocycles. The highest BCUT2D eigenvalue weighted by atomic mass is 16.3. The van der Waals surface area contributed by atoms with Crippen molar-refractivity contribution in [1.82, 2.24) is 4.98 Å². The maximum absolute atomic E-state index is 10.3. The van der Waals surface area contributed by atoms with E-state index in [1.165, 1.54) is 12.8 Å². The number of aliphatic hydroxyl groups excluding tert-OH is 4. The number of pyridine rings is 1. The van der Waals surface area contributed by atoms with Crippen LogP contribution in [-0.4, -0.2) is 51.3 Å². The first-order valence-corrected chi connectivity index (χ1v) is 11.2. The molecule has 5 heteroatoms. The zero-order chi connectivity index (χ0) is 21.5. The molecule has 1 heterocycles. The van der Waals surface area contributed by atoms with Gasteiger partial charge in [0.2, 0.25) is 0 Å². The molecule has 0 saturated heterocycles. The van der Waals surface area contributed by atoms with E-state index in [1.54, 1.807) is 12.4 Å². The molecule has 1 aromatic heterocycles. The van der Waals surface area contributed by atoms with Gasteiger partial charge in [0.1, 0.15) is 0 Å². The number of fused-ring (bicyclic) bond motifs is 1. The minimum atomic E-state index is -0.225. The van der Waals surface area contributed by atoms with Crippen molar-refractivity contribution in [1.29, 1.82) is 0 Å². The van der Waals surface area contributed by atoms with Crippen LogP contribution < -0.4 is 0 Å². The van der Waals surface area contributed by atoms with Crippen molar-refractivity contribution in [3.8, 4) is 0 Å². The predicted octanol–water partition coefficient (Wildman–Crippen LogP) is 3.41. The lowest BCUT2D eigenvalue weighted by Crippen LogP contribution is -2.47. The summed E-state index contributed by atoms with van der Waals surface area (Å²) in [6, 6.07) is 5.72. The fourth-order valence-electron chi connectivity index (χ4n) is 6.12. The average molecular weight is 408 g/mol. The van der Waals surface area contributed by atoms with Crippen molar-refractivity contribution in [2.45, 2.75) is 77.4 Å². The lowest BCUT2D eigenvalue weighted by Gasteiger charge is -2.53. The smallest absolute Gasteiger partial charge is 0.0596 e. The van der Waals surface area contributed by atoms with Gasteiger partial charge in [-0.3, -0.25) is 4.98 Å². The molecule has 0 amide bonds. The third-order valence-corrected chi connectivity index (χ3v) is 8.31. The topological polar surface area (TPSA) is 93.8 Å². The van der Waals surface area contributed by atoms with Gasteiger partial charge >= 0.3 is 0 Å². The molecule has 4 N–H and O–H groups in total. The van der Waals surface area contributed by atoms with Gasteiger partial charge in [0.25, 0.3) is 0 Å². The molecule has 7 atom stereocenters. The second-order valence-corrected chi connectivity index (χ2v) is 9.61. The molecule has 1 aromatic rings. The van der Waals surface area contributed by atoms with Gasteiger partial charge in [-0.1, -0.05) is 19.9 Å². The monoisotopic (exact) mass is 407 g/mol. The molecule has 0 radical (unpaired) electrons. The summed E-state index contributed by atoms with van der Waals surface area (Å²) in [6.07, 6.45) is 11.5. The van der Waals surface area contributed by atoms with Gasteiger partial charge in [-0.2, -0.15) is 0 Å². The third-order valence-electron chi connectivity index (χ3n) is 8.31. The van der Waals surface area contributed by atoms with Crippen LogP contribution in [0.15, 0.2) is 30.6 Å². The zero-order valence-corrected chi connectivity index (χ0v) is 18.4. The molecule has 0 bridgehead atoms.